The number of benzene rings is 1. The summed E-state index contributed by atoms with van der Waals surface area (Å²) in [6.45, 7) is 0.814. The van der Waals surface area contributed by atoms with Gasteiger partial charge >= 0.3 is 0 Å². The minimum atomic E-state index is 0.0590. The maximum atomic E-state index is 13.1. The standard InChI is InChI=1S/C20H19N3O/c24-20(23-12-10-14-5-1-2-6-17(14)23)15-8-9-16-18(13-15)22-11-4-3-7-19(22)21-16/h1-7,11,15H,8-10,12-13H2. The molecular formula is C20H19N3O. The molecule has 0 radical (unpaired) electrons. The van der Waals surface area contributed by atoms with Crippen LogP contribution in [-0.2, 0) is 24.1 Å². The Hall–Kier alpha value is -2.62. The second-order valence-corrected chi connectivity index (χ2v) is 6.74. The second kappa shape index (κ2) is 5.20. The zero-order valence-electron chi connectivity index (χ0n) is 13.5. The number of amides is 1. The lowest BCUT2D eigenvalue weighted by Crippen LogP contribution is -2.37. The first kappa shape index (κ1) is 13.8. The zero-order valence-corrected chi connectivity index (χ0v) is 13.5. The van der Waals surface area contributed by atoms with Crippen molar-refractivity contribution in [3.8, 4) is 0 Å². The number of carbonyl (C=O) groups is 1. The van der Waals surface area contributed by atoms with E-state index in [0.717, 1.165) is 49.3 Å². The highest BCUT2D eigenvalue weighted by molar-refractivity contribution is 5.97. The molecule has 1 aliphatic carbocycles. The summed E-state index contributed by atoms with van der Waals surface area (Å²) in [5.74, 6) is 0.334. The summed E-state index contributed by atoms with van der Waals surface area (Å²) in [6, 6.07) is 14.3. The average Bonchev–Trinajstić information content (AvgIpc) is 3.22. The minimum Gasteiger partial charge on any atom is -0.312 e. The van der Waals surface area contributed by atoms with Gasteiger partial charge in [-0.1, -0.05) is 24.3 Å². The van der Waals surface area contributed by atoms with Crippen LogP contribution in [0.2, 0.25) is 0 Å². The highest BCUT2D eigenvalue weighted by Gasteiger charge is 2.33. The number of fused-ring (bicyclic) bond motifs is 4. The van der Waals surface area contributed by atoms with Crippen molar-refractivity contribution in [2.75, 3.05) is 11.4 Å². The third-order valence-corrected chi connectivity index (χ3v) is 5.38. The lowest BCUT2D eigenvalue weighted by Gasteiger charge is -2.26. The Morgan fingerprint density at radius 2 is 1.96 bits per heavy atom. The van der Waals surface area contributed by atoms with Crippen molar-refractivity contribution >= 4 is 17.2 Å². The highest BCUT2D eigenvalue weighted by Crippen LogP contribution is 2.33. The first-order chi connectivity index (χ1) is 11.8. The maximum absolute atomic E-state index is 13.1. The average molecular weight is 317 g/mol. The lowest BCUT2D eigenvalue weighted by atomic mass is 9.88. The quantitative estimate of drug-likeness (QED) is 0.692. The van der Waals surface area contributed by atoms with Gasteiger partial charge in [-0.2, -0.15) is 0 Å². The number of para-hydroxylation sites is 1. The van der Waals surface area contributed by atoms with Crippen LogP contribution < -0.4 is 4.90 Å². The molecule has 4 nitrogen and oxygen atoms in total. The Labute approximate surface area is 140 Å². The van der Waals surface area contributed by atoms with Crippen molar-refractivity contribution in [3.05, 3.63) is 65.6 Å². The van der Waals surface area contributed by atoms with Gasteiger partial charge in [-0.05, 0) is 43.0 Å². The van der Waals surface area contributed by atoms with Crippen LogP contribution in [0.25, 0.3) is 5.65 Å². The van der Waals surface area contributed by atoms with E-state index in [4.69, 9.17) is 4.98 Å². The molecule has 0 fully saturated rings. The molecule has 0 spiro atoms. The summed E-state index contributed by atoms with van der Waals surface area (Å²) >= 11 is 0. The molecule has 0 bridgehead atoms. The topological polar surface area (TPSA) is 37.6 Å². The summed E-state index contributed by atoms with van der Waals surface area (Å²) in [7, 11) is 0. The van der Waals surface area contributed by atoms with Crippen LogP contribution in [0, 0.1) is 5.92 Å². The van der Waals surface area contributed by atoms with Gasteiger partial charge in [0.1, 0.15) is 5.65 Å². The fraction of sp³-hybridized carbons (Fsp3) is 0.300. The smallest absolute Gasteiger partial charge is 0.230 e. The third-order valence-electron chi connectivity index (χ3n) is 5.38. The van der Waals surface area contributed by atoms with Gasteiger partial charge in [0.2, 0.25) is 5.91 Å². The Morgan fingerprint density at radius 3 is 2.92 bits per heavy atom. The van der Waals surface area contributed by atoms with Crippen LogP contribution in [-0.4, -0.2) is 21.8 Å². The molecule has 1 amide bonds. The summed E-state index contributed by atoms with van der Waals surface area (Å²) in [4.78, 5) is 19.8. The van der Waals surface area contributed by atoms with Gasteiger partial charge in [-0.15, -0.1) is 0 Å². The number of rotatable bonds is 1. The van der Waals surface area contributed by atoms with Crippen molar-refractivity contribution in [1.82, 2.24) is 9.38 Å². The number of hydrogen-bond donors (Lipinski definition) is 0. The van der Waals surface area contributed by atoms with Crippen molar-refractivity contribution in [2.45, 2.75) is 25.7 Å². The van der Waals surface area contributed by atoms with Crippen molar-refractivity contribution < 1.29 is 4.79 Å². The predicted molar refractivity (Wildman–Crippen MR) is 93.2 cm³/mol. The van der Waals surface area contributed by atoms with Gasteiger partial charge in [0.05, 0.1) is 5.69 Å². The molecule has 1 atom stereocenters. The van der Waals surface area contributed by atoms with E-state index in [9.17, 15) is 4.79 Å². The molecule has 24 heavy (non-hydrogen) atoms. The normalized spacial score (nSPS) is 19.3. The number of aromatic nitrogens is 2. The molecule has 5 rings (SSSR count). The van der Waals surface area contributed by atoms with Crippen LogP contribution in [0.15, 0.2) is 48.7 Å². The number of nitrogens with zero attached hydrogens (tertiary/aromatic N) is 3. The first-order valence-corrected chi connectivity index (χ1v) is 8.65. The molecule has 0 saturated heterocycles. The number of hydrogen-bond acceptors (Lipinski definition) is 2. The van der Waals surface area contributed by atoms with E-state index < -0.39 is 0 Å². The van der Waals surface area contributed by atoms with Crippen molar-refractivity contribution in [3.63, 3.8) is 0 Å². The molecule has 4 heteroatoms. The van der Waals surface area contributed by atoms with Gasteiger partial charge in [0.25, 0.3) is 0 Å². The largest absolute Gasteiger partial charge is 0.312 e. The van der Waals surface area contributed by atoms with Gasteiger partial charge in [-0.3, -0.25) is 4.79 Å². The van der Waals surface area contributed by atoms with Crippen LogP contribution in [0.1, 0.15) is 23.4 Å². The monoisotopic (exact) mass is 317 g/mol. The zero-order chi connectivity index (χ0) is 16.1. The molecule has 0 N–H and O–H groups in total. The molecule has 3 aromatic rings. The lowest BCUT2D eigenvalue weighted by molar-refractivity contribution is -0.122. The molecule has 1 unspecified atom stereocenters. The molecule has 120 valence electrons. The van der Waals surface area contributed by atoms with Crippen LogP contribution in [0.5, 0.6) is 0 Å². The van der Waals surface area contributed by atoms with E-state index in [0.29, 0.717) is 0 Å². The number of carbonyl (C=O) groups excluding carboxylic acids is 1. The first-order valence-electron chi connectivity index (χ1n) is 8.65. The molecule has 1 aromatic carbocycles. The number of pyridine rings is 1. The SMILES string of the molecule is O=C(C1CCc2nc3ccccn3c2C1)N1CCc2ccccc21. The molecule has 1 aliphatic heterocycles. The van der Waals surface area contributed by atoms with Crippen LogP contribution in [0.4, 0.5) is 5.69 Å². The number of anilines is 1. The maximum Gasteiger partial charge on any atom is 0.230 e. The Bertz CT molecular complexity index is 943. The molecule has 3 heterocycles. The second-order valence-electron chi connectivity index (χ2n) is 6.74. The highest BCUT2D eigenvalue weighted by atomic mass is 16.2. The van der Waals surface area contributed by atoms with E-state index in [-0.39, 0.29) is 11.8 Å². The fourth-order valence-corrected chi connectivity index (χ4v) is 4.16. The number of aryl methyl sites for hydroxylation is 1. The summed E-state index contributed by atoms with van der Waals surface area (Å²) < 4.78 is 2.15. The van der Waals surface area contributed by atoms with Crippen molar-refractivity contribution in [1.29, 1.82) is 0 Å². The molecule has 2 aliphatic rings. The third kappa shape index (κ3) is 1.99. The summed E-state index contributed by atoms with van der Waals surface area (Å²) in [5, 5.41) is 0. The van der Waals surface area contributed by atoms with Gasteiger partial charge in [0.15, 0.2) is 0 Å². The molecule has 0 saturated carbocycles. The Balaban J connectivity index is 1.46. The van der Waals surface area contributed by atoms with Gasteiger partial charge in [0, 0.05) is 36.5 Å². The molecule has 2 aromatic heterocycles. The van der Waals surface area contributed by atoms with Crippen molar-refractivity contribution in [2.24, 2.45) is 5.92 Å². The van der Waals surface area contributed by atoms with Crippen LogP contribution >= 0.6 is 0 Å². The predicted octanol–water partition coefficient (Wildman–Crippen LogP) is 3.03. The van der Waals surface area contributed by atoms with Gasteiger partial charge < -0.3 is 9.30 Å². The summed E-state index contributed by atoms with van der Waals surface area (Å²) in [6.07, 6.45) is 5.60. The van der Waals surface area contributed by atoms with E-state index in [1.807, 2.05) is 29.2 Å². The van der Waals surface area contributed by atoms with E-state index >= 15 is 0 Å². The van der Waals surface area contributed by atoms with E-state index in [1.54, 1.807) is 0 Å². The van der Waals surface area contributed by atoms with Gasteiger partial charge in [-0.25, -0.2) is 4.98 Å². The Kier molecular flexibility index (Phi) is 2.98. The molecular weight excluding hydrogens is 298 g/mol. The fourth-order valence-electron chi connectivity index (χ4n) is 4.16. The Morgan fingerprint density at radius 1 is 1.08 bits per heavy atom. The minimum absolute atomic E-state index is 0.0590. The van der Waals surface area contributed by atoms with Crippen LogP contribution in [0.3, 0.4) is 0 Å². The van der Waals surface area contributed by atoms with E-state index in [2.05, 4.69) is 28.8 Å². The van der Waals surface area contributed by atoms with E-state index in [1.165, 1.54) is 11.3 Å². The number of imidazole rings is 1. The summed E-state index contributed by atoms with van der Waals surface area (Å²) in [5.41, 5.74) is 5.75.